The Bertz CT molecular complexity index is 1260. The molecular weight excluding hydrogens is 378 g/mol. The van der Waals surface area contributed by atoms with Crippen LogP contribution in [0.3, 0.4) is 0 Å². The highest BCUT2D eigenvalue weighted by atomic mass is 32.1. The fourth-order valence-corrected chi connectivity index (χ4v) is 3.73. The van der Waals surface area contributed by atoms with E-state index in [1.54, 1.807) is 19.2 Å². The summed E-state index contributed by atoms with van der Waals surface area (Å²) in [7, 11) is 0. The van der Waals surface area contributed by atoms with Crippen molar-refractivity contribution in [2.75, 3.05) is 5.32 Å². The van der Waals surface area contributed by atoms with E-state index in [0.717, 1.165) is 5.69 Å². The van der Waals surface area contributed by atoms with E-state index in [2.05, 4.69) is 46.1 Å². The van der Waals surface area contributed by atoms with Gasteiger partial charge in [-0.25, -0.2) is 9.97 Å². The van der Waals surface area contributed by atoms with E-state index in [-0.39, 0.29) is 23.4 Å². The molecule has 0 radical (unpaired) electrons. The highest BCUT2D eigenvalue weighted by Gasteiger charge is 2.18. The molecule has 4 rings (SSSR count). The summed E-state index contributed by atoms with van der Waals surface area (Å²) in [4.78, 5) is 38.0. The fraction of sp³-hybridized carbons (Fsp3) is 0.333. The summed E-state index contributed by atoms with van der Waals surface area (Å²) in [5, 5.41) is 9.83. The molecule has 28 heavy (non-hydrogen) atoms. The van der Waals surface area contributed by atoms with Crippen molar-refractivity contribution in [3.8, 4) is 0 Å². The molecule has 0 bridgehead atoms. The van der Waals surface area contributed by atoms with Crippen molar-refractivity contribution in [1.82, 2.24) is 29.1 Å². The van der Waals surface area contributed by atoms with Gasteiger partial charge in [-0.05, 0) is 13.0 Å². The predicted octanol–water partition coefficient (Wildman–Crippen LogP) is 2.14. The second kappa shape index (κ2) is 6.48. The largest absolute Gasteiger partial charge is 0.305 e. The molecule has 1 amide bonds. The third-order valence-corrected chi connectivity index (χ3v) is 5.00. The molecule has 4 aromatic heterocycles. The SMILES string of the molecule is Cc1nc2ncc3c(=O)n(CC(=O)Nc4nc(C(C)(C)C)cs4)ccc3n2n1. The normalized spacial score (nSPS) is 12.0. The summed E-state index contributed by atoms with van der Waals surface area (Å²) in [5.74, 6) is 0.682. The first-order valence-electron chi connectivity index (χ1n) is 8.70. The quantitative estimate of drug-likeness (QED) is 0.568. The summed E-state index contributed by atoms with van der Waals surface area (Å²) >= 11 is 1.37. The number of hydrogen-bond donors (Lipinski definition) is 1. The van der Waals surface area contributed by atoms with Crippen molar-refractivity contribution < 1.29 is 4.79 Å². The standard InChI is InChI=1S/C18H19N7O2S/c1-10-20-16-19-7-11-12(25(16)23-10)5-6-24(15(11)27)8-14(26)22-17-21-13(9-28-17)18(2,3)4/h5-7,9H,8H2,1-4H3,(H,21,22,26). The van der Waals surface area contributed by atoms with Gasteiger partial charge in [-0.1, -0.05) is 20.8 Å². The lowest BCUT2D eigenvalue weighted by molar-refractivity contribution is -0.116. The smallest absolute Gasteiger partial charge is 0.262 e. The molecule has 0 aliphatic rings. The Morgan fingerprint density at radius 1 is 1.29 bits per heavy atom. The van der Waals surface area contributed by atoms with Gasteiger partial charge in [-0.3, -0.25) is 9.59 Å². The minimum atomic E-state index is -0.318. The van der Waals surface area contributed by atoms with Crippen molar-refractivity contribution in [2.45, 2.75) is 39.7 Å². The number of fused-ring (bicyclic) bond motifs is 3. The number of amides is 1. The number of pyridine rings is 1. The molecule has 10 heteroatoms. The van der Waals surface area contributed by atoms with E-state index in [9.17, 15) is 9.59 Å². The average molecular weight is 397 g/mol. The summed E-state index contributed by atoms with van der Waals surface area (Å²) in [6.07, 6.45) is 3.04. The van der Waals surface area contributed by atoms with E-state index in [0.29, 0.717) is 27.6 Å². The van der Waals surface area contributed by atoms with Crippen molar-refractivity contribution in [3.63, 3.8) is 0 Å². The van der Waals surface area contributed by atoms with Gasteiger partial charge in [0.05, 0.1) is 16.6 Å². The third kappa shape index (κ3) is 3.26. The van der Waals surface area contributed by atoms with E-state index < -0.39 is 0 Å². The lowest BCUT2D eigenvalue weighted by Crippen LogP contribution is -2.27. The molecule has 0 saturated heterocycles. The topological polar surface area (TPSA) is 107 Å². The first kappa shape index (κ1) is 18.2. The number of aromatic nitrogens is 6. The summed E-state index contributed by atoms with van der Waals surface area (Å²) < 4.78 is 2.87. The molecule has 0 aliphatic heterocycles. The molecule has 0 saturated carbocycles. The predicted molar refractivity (Wildman–Crippen MR) is 107 cm³/mol. The number of hydrogen-bond acceptors (Lipinski definition) is 7. The van der Waals surface area contributed by atoms with Crippen LogP contribution in [-0.4, -0.2) is 35.0 Å². The van der Waals surface area contributed by atoms with E-state index in [1.807, 2.05) is 5.38 Å². The Labute approximate surface area is 164 Å². The second-order valence-corrected chi connectivity index (χ2v) is 8.37. The first-order chi connectivity index (χ1) is 13.2. The van der Waals surface area contributed by atoms with Crippen molar-refractivity contribution in [3.05, 3.63) is 45.7 Å². The number of anilines is 1. The molecule has 9 nitrogen and oxygen atoms in total. The zero-order valence-corrected chi connectivity index (χ0v) is 16.7. The van der Waals surface area contributed by atoms with Crippen LogP contribution >= 0.6 is 11.3 Å². The lowest BCUT2D eigenvalue weighted by Gasteiger charge is -2.14. The number of carbonyl (C=O) groups is 1. The Kier molecular flexibility index (Phi) is 4.22. The molecule has 144 valence electrons. The molecule has 0 aliphatic carbocycles. The Balaban J connectivity index is 1.60. The van der Waals surface area contributed by atoms with Crippen molar-refractivity contribution in [1.29, 1.82) is 0 Å². The zero-order valence-electron chi connectivity index (χ0n) is 15.9. The van der Waals surface area contributed by atoms with Gasteiger partial charge in [-0.2, -0.15) is 9.50 Å². The molecule has 0 atom stereocenters. The van der Waals surface area contributed by atoms with Crippen LogP contribution in [0.5, 0.6) is 0 Å². The van der Waals surface area contributed by atoms with Gasteiger partial charge in [0.2, 0.25) is 5.91 Å². The van der Waals surface area contributed by atoms with Gasteiger partial charge < -0.3 is 9.88 Å². The minimum Gasteiger partial charge on any atom is -0.305 e. The number of rotatable bonds is 3. The molecule has 0 fully saturated rings. The third-order valence-electron chi connectivity index (χ3n) is 4.25. The van der Waals surface area contributed by atoms with E-state index in [1.165, 1.54) is 26.6 Å². The second-order valence-electron chi connectivity index (χ2n) is 7.51. The van der Waals surface area contributed by atoms with Gasteiger partial charge in [0.15, 0.2) is 5.13 Å². The molecule has 0 aromatic carbocycles. The van der Waals surface area contributed by atoms with Crippen LogP contribution in [0.1, 0.15) is 32.3 Å². The van der Waals surface area contributed by atoms with Gasteiger partial charge in [0.1, 0.15) is 12.4 Å². The van der Waals surface area contributed by atoms with E-state index >= 15 is 0 Å². The molecule has 0 spiro atoms. The molecule has 4 heterocycles. The molecule has 0 unspecified atom stereocenters. The maximum Gasteiger partial charge on any atom is 0.262 e. The van der Waals surface area contributed by atoms with Crippen molar-refractivity contribution >= 4 is 39.1 Å². The Morgan fingerprint density at radius 3 is 2.79 bits per heavy atom. The van der Waals surface area contributed by atoms with Crippen LogP contribution in [0.25, 0.3) is 16.7 Å². The van der Waals surface area contributed by atoms with Crippen LogP contribution in [0, 0.1) is 6.92 Å². The number of aryl methyl sites for hydroxylation is 1. The van der Waals surface area contributed by atoms with Gasteiger partial charge in [-0.15, -0.1) is 16.4 Å². The van der Waals surface area contributed by atoms with E-state index in [4.69, 9.17) is 0 Å². The summed E-state index contributed by atoms with van der Waals surface area (Å²) in [5.41, 5.74) is 1.10. The average Bonchev–Trinajstić information content (AvgIpc) is 3.22. The minimum absolute atomic E-state index is 0.0905. The van der Waals surface area contributed by atoms with Crippen molar-refractivity contribution in [2.24, 2.45) is 0 Å². The summed E-state index contributed by atoms with van der Waals surface area (Å²) in [6.45, 7) is 7.82. The number of thiazole rings is 1. The fourth-order valence-electron chi connectivity index (χ4n) is 2.77. The monoisotopic (exact) mass is 397 g/mol. The van der Waals surface area contributed by atoms with Gasteiger partial charge >= 0.3 is 0 Å². The Morgan fingerprint density at radius 2 is 2.07 bits per heavy atom. The van der Waals surface area contributed by atoms with Gasteiger partial charge in [0.25, 0.3) is 11.3 Å². The molecule has 4 aromatic rings. The van der Waals surface area contributed by atoms with Gasteiger partial charge in [0, 0.05) is 23.2 Å². The van der Waals surface area contributed by atoms with Crippen LogP contribution < -0.4 is 10.9 Å². The number of nitrogens with one attached hydrogen (secondary N) is 1. The highest BCUT2D eigenvalue weighted by molar-refractivity contribution is 7.13. The maximum absolute atomic E-state index is 12.8. The van der Waals surface area contributed by atoms with Crippen LogP contribution in [0.15, 0.2) is 28.6 Å². The molecular formula is C18H19N7O2S. The first-order valence-corrected chi connectivity index (χ1v) is 9.58. The number of nitrogens with zero attached hydrogens (tertiary/aromatic N) is 6. The highest BCUT2D eigenvalue weighted by Crippen LogP contribution is 2.26. The Hall–Kier alpha value is -3.14. The maximum atomic E-state index is 12.8. The van der Waals surface area contributed by atoms with Crippen LogP contribution in [0.2, 0.25) is 0 Å². The zero-order chi connectivity index (χ0) is 20.1. The lowest BCUT2D eigenvalue weighted by atomic mass is 9.93. The molecule has 1 N–H and O–H groups in total. The number of carbonyl (C=O) groups excluding carboxylic acids is 1. The van der Waals surface area contributed by atoms with Crippen LogP contribution in [0.4, 0.5) is 5.13 Å². The summed E-state index contributed by atoms with van der Waals surface area (Å²) in [6, 6.07) is 1.73. The van der Waals surface area contributed by atoms with Crippen LogP contribution in [-0.2, 0) is 16.8 Å².